The molecular weight excluding hydrogens is 432 g/mol. The van der Waals surface area contributed by atoms with Crippen LogP contribution >= 0.6 is 0 Å². The van der Waals surface area contributed by atoms with E-state index in [4.69, 9.17) is 4.74 Å². The summed E-state index contributed by atoms with van der Waals surface area (Å²) >= 11 is 0. The van der Waals surface area contributed by atoms with Crippen LogP contribution in [0.15, 0.2) is 18.2 Å². The Bertz CT molecular complexity index is 903. The Morgan fingerprint density at radius 3 is 2.28 bits per heavy atom. The molecule has 0 aromatic heterocycles. The fourth-order valence-electron chi connectivity index (χ4n) is 3.55. The molecule has 0 radical (unpaired) electrons. The number of amides is 1. The highest BCUT2D eigenvalue weighted by Crippen LogP contribution is 2.43. The van der Waals surface area contributed by atoms with Crippen LogP contribution in [0.3, 0.4) is 0 Å². The summed E-state index contributed by atoms with van der Waals surface area (Å²) < 4.78 is 108. The molecule has 13 heteroatoms. The molecule has 2 aliphatic rings. The second-order valence-electron chi connectivity index (χ2n) is 6.68. The first-order valence-electron chi connectivity index (χ1n) is 8.39. The Labute approximate surface area is 161 Å². The molecule has 0 bridgehead atoms. The number of alkyl halides is 6. The zero-order valence-corrected chi connectivity index (χ0v) is 15.5. The molecule has 0 aliphatic carbocycles. The fraction of sp³-hybridized carbons (Fsp3) is 0.562. The number of fused-ring (bicyclic) bond motifs is 2. The van der Waals surface area contributed by atoms with Crippen molar-refractivity contribution in [3.63, 3.8) is 0 Å². The van der Waals surface area contributed by atoms with E-state index < -0.39 is 39.1 Å². The maximum absolute atomic E-state index is 12.6. The van der Waals surface area contributed by atoms with Crippen LogP contribution in [0.1, 0.15) is 24.0 Å². The molecule has 0 atom stereocenters. The van der Waals surface area contributed by atoms with E-state index >= 15 is 0 Å². The standard InChI is InChI=1S/C16H15F6NO5S/c17-15(18,19)13(24)23-6-4-14(5-7-23)12-2-1-11(9-10(12)3-8-27-14)28-29(25,26)16(20,21)22/h1-2,9H,3-8H2. The highest BCUT2D eigenvalue weighted by molar-refractivity contribution is 7.88. The number of rotatable bonds is 2. The lowest BCUT2D eigenvalue weighted by atomic mass is 9.79. The Balaban J connectivity index is 1.81. The molecule has 1 amide bonds. The first kappa shape index (κ1) is 21.7. The minimum Gasteiger partial charge on any atom is -0.376 e. The van der Waals surface area contributed by atoms with Crippen LogP contribution in [0.4, 0.5) is 26.3 Å². The normalized spacial score (nSPS) is 19.7. The van der Waals surface area contributed by atoms with Gasteiger partial charge in [0.15, 0.2) is 0 Å². The molecule has 0 unspecified atom stereocenters. The van der Waals surface area contributed by atoms with Crippen LogP contribution in [0.2, 0.25) is 0 Å². The van der Waals surface area contributed by atoms with Gasteiger partial charge in [0.05, 0.1) is 12.2 Å². The lowest BCUT2D eigenvalue weighted by Gasteiger charge is -2.45. The highest BCUT2D eigenvalue weighted by Gasteiger charge is 2.49. The van der Waals surface area contributed by atoms with E-state index in [1.165, 1.54) is 6.07 Å². The van der Waals surface area contributed by atoms with Crippen LogP contribution in [0.5, 0.6) is 5.75 Å². The summed E-state index contributed by atoms with van der Waals surface area (Å²) in [6.45, 7) is -0.285. The SMILES string of the molecule is O=C(N1CCC2(CC1)OCCc1cc(OS(=O)(=O)C(F)(F)F)ccc12)C(F)(F)F. The highest BCUT2D eigenvalue weighted by atomic mass is 32.2. The Kier molecular flexibility index (Phi) is 5.27. The predicted octanol–water partition coefficient (Wildman–Crippen LogP) is 2.87. The van der Waals surface area contributed by atoms with Gasteiger partial charge >= 0.3 is 27.7 Å². The number of benzene rings is 1. The maximum atomic E-state index is 12.6. The summed E-state index contributed by atoms with van der Waals surface area (Å²) in [5.74, 6) is -2.47. The third kappa shape index (κ3) is 4.15. The van der Waals surface area contributed by atoms with Crippen molar-refractivity contribution in [2.24, 2.45) is 0 Å². The largest absolute Gasteiger partial charge is 0.534 e. The molecule has 1 aromatic carbocycles. The number of halogens is 6. The minimum atomic E-state index is -5.82. The Morgan fingerprint density at radius 1 is 1.10 bits per heavy atom. The number of hydrogen-bond acceptors (Lipinski definition) is 5. The van der Waals surface area contributed by atoms with E-state index in [0.29, 0.717) is 16.0 Å². The van der Waals surface area contributed by atoms with E-state index in [1.807, 2.05) is 0 Å². The van der Waals surface area contributed by atoms with Crippen LogP contribution in [-0.2, 0) is 31.7 Å². The third-order valence-corrected chi connectivity index (χ3v) is 5.89. The topological polar surface area (TPSA) is 72.9 Å². The van der Waals surface area contributed by atoms with E-state index in [-0.39, 0.29) is 39.0 Å². The number of carbonyl (C=O) groups excluding carboxylic acids is 1. The molecule has 3 rings (SSSR count). The molecule has 0 saturated carbocycles. The van der Waals surface area contributed by atoms with Crippen molar-refractivity contribution in [3.05, 3.63) is 29.3 Å². The lowest BCUT2D eigenvalue weighted by molar-refractivity contribution is -0.190. The third-order valence-electron chi connectivity index (χ3n) is 4.91. The van der Waals surface area contributed by atoms with Gasteiger partial charge in [-0.2, -0.15) is 34.8 Å². The van der Waals surface area contributed by atoms with Crippen molar-refractivity contribution in [2.45, 2.75) is 36.5 Å². The first-order chi connectivity index (χ1) is 13.3. The lowest BCUT2D eigenvalue weighted by Crippen LogP contribution is -2.51. The van der Waals surface area contributed by atoms with Crippen LogP contribution in [0.25, 0.3) is 0 Å². The number of likely N-dealkylation sites (tertiary alicyclic amines) is 1. The Hall–Kier alpha value is -2.02. The van der Waals surface area contributed by atoms with E-state index in [0.717, 1.165) is 12.1 Å². The van der Waals surface area contributed by atoms with Crippen molar-refractivity contribution in [1.82, 2.24) is 4.90 Å². The van der Waals surface area contributed by atoms with Crippen molar-refractivity contribution in [2.75, 3.05) is 19.7 Å². The van der Waals surface area contributed by atoms with E-state index in [9.17, 15) is 39.6 Å². The zero-order chi connectivity index (χ0) is 21.7. The molecular formula is C16H15F6NO5S. The number of carbonyl (C=O) groups is 1. The van der Waals surface area contributed by atoms with Gasteiger partial charge in [0.25, 0.3) is 0 Å². The number of piperidine rings is 1. The second-order valence-corrected chi connectivity index (χ2v) is 8.22. The summed E-state index contributed by atoms with van der Waals surface area (Å²) in [5.41, 5.74) is -5.58. The van der Waals surface area contributed by atoms with Gasteiger partial charge in [-0.15, -0.1) is 0 Å². The molecule has 2 heterocycles. The smallest absolute Gasteiger partial charge is 0.376 e. The van der Waals surface area contributed by atoms with E-state index in [2.05, 4.69) is 4.18 Å². The first-order valence-corrected chi connectivity index (χ1v) is 9.80. The molecule has 6 nitrogen and oxygen atoms in total. The summed E-state index contributed by atoms with van der Waals surface area (Å²) in [5, 5.41) is 0. The number of nitrogens with zero attached hydrogens (tertiary/aromatic N) is 1. The Morgan fingerprint density at radius 2 is 1.72 bits per heavy atom. The molecule has 1 saturated heterocycles. The second kappa shape index (κ2) is 7.04. The molecule has 1 fully saturated rings. The maximum Gasteiger partial charge on any atom is 0.534 e. The zero-order valence-electron chi connectivity index (χ0n) is 14.6. The van der Waals surface area contributed by atoms with Gasteiger partial charge in [-0.3, -0.25) is 4.79 Å². The predicted molar refractivity (Wildman–Crippen MR) is 85.2 cm³/mol. The molecule has 1 aromatic rings. The average Bonchev–Trinajstić information content (AvgIpc) is 2.60. The van der Waals surface area contributed by atoms with Crippen molar-refractivity contribution in [1.29, 1.82) is 0 Å². The molecule has 0 N–H and O–H groups in total. The van der Waals surface area contributed by atoms with Crippen LogP contribution < -0.4 is 4.18 Å². The molecule has 2 aliphatic heterocycles. The monoisotopic (exact) mass is 447 g/mol. The van der Waals surface area contributed by atoms with Gasteiger partial charge in [-0.25, -0.2) is 0 Å². The minimum absolute atomic E-state index is 0.0584. The van der Waals surface area contributed by atoms with Gasteiger partial charge in [0.2, 0.25) is 0 Å². The molecule has 29 heavy (non-hydrogen) atoms. The van der Waals surface area contributed by atoms with Crippen molar-refractivity contribution < 1.29 is 48.5 Å². The average molecular weight is 447 g/mol. The van der Waals surface area contributed by atoms with Gasteiger partial charge in [-0.1, -0.05) is 6.07 Å². The summed E-state index contributed by atoms with van der Waals surface area (Å²) in [6.07, 6.45) is -4.61. The van der Waals surface area contributed by atoms with Gasteiger partial charge in [-0.05, 0) is 42.5 Å². The number of ether oxygens (including phenoxy) is 1. The van der Waals surface area contributed by atoms with Gasteiger partial charge in [0, 0.05) is 13.1 Å². The van der Waals surface area contributed by atoms with Gasteiger partial charge in [0.1, 0.15) is 5.75 Å². The van der Waals surface area contributed by atoms with E-state index in [1.54, 1.807) is 0 Å². The molecule has 162 valence electrons. The van der Waals surface area contributed by atoms with Crippen LogP contribution in [-0.4, -0.2) is 50.6 Å². The van der Waals surface area contributed by atoms with Gasteiger partial charge < -0.3 is 13.8 Å². The molecule has 1 spiro atoms. The fourth-order valence-corrected chi connectivity index (χ4v) is 4.00. The summed E-state index contributed by atoms with van der Waals surface area (Å²) in [6, 6.07) is 3.53. The number of hydrogen-bond donors (Lipinski definition) is 0. The van der Waals surface area contributed by atoms with Crippen molar-refractivity contribution in [3.8, 4) is 5.75 Å². The van der Waals surface area contributed by atoms with Crippen LogP contribution in [0, 0.1) is 0 Å². The quantitative estimate of drug-likeness (QED) is 0.396. The summed E-state index contributed by atoms with van der Waals surface area (Å²) in [7, 11) is -5.82. The van der Waals surface area contributed by atoms with Crippen molar-refractivity contribution >= 4 is 16.0 Å². The summed E-state index contributed by atoms with van der Waals surface area (Å²) in [4.78, 5) is 12.1.